The van der Waals surface area contributed by atoms with E-state index in [-0.39, 0.29) is 12.0 Å². The Kier molecular flexibility index (Phi) is 4.76. The molecule has 114 valence electrons. The van der Waals surface area contributed by atoms with Crippen LogP contribution >= 0.6 is 0 Å². The summed E-state index contributed by atoms with van der Waals surface area (Å²) in [4.78, 5) is 14.0. The molecule has 4 heteroatoms. The standard InChI is InChI=1S/C17H24N2O2/c20-17(19-10-4-1-5-11-19)8-9-18-13-15-12-14-6-2-3-7-16(14)21-15/h2-3,6-7,15,18H,1,4-5,8-13H2. The van der Waals surface area contributed by atoms with Crippen LogP contribution in [0.4, 0.5) is 0 Å². The Bertz CT molecular complexity index is 458. The predicted molar refractivity (Wildman–Crippen MR) is 82.5 cm³/mol. The van der Waals surface area contributed by atoms with Crippen LogP contribution in [0.25, 0.3) is 0 Å². The van der Waals surface area contributed by atoms with E-state index in [9.17, 15) is 4.79 Å². The molecule has 2 aliphatic heterocycles. The number of benzene rings is 1. The van der Waals surface area contributed by atoms with Gasteiger partial charge in [-0.15, -0.1) is 0 Å². The number of amides is 1. The second-order valence-electron chi connectivity index (χ2n) is 5.95. The average molecular weight is 288 g/mol. The summed E-state index contributed by atoms with van der Waals surface area (Å²) in [5, 5.41) is 3.36. The van der Waals surface area contributed by atoms with Crippen molar-refractivity contribution in [2.24, 2.45) is 0 Å². The third-order valence-electron chi connectivity index (χ3n) is 4.31. The van der Waals surface area contributed by atoms with Crippen LogP contribution in [0.1, 0.15) is 31.2 Å². The van der Waals surface area contributed by atoms with Crippen molar-refractivity contribution in [3.63, 3.8) is 0 Å². The lowest BCUT2D eigenvalue weighted by atomic mass is 10.1. The van der Waals surface area contributed by atoms with E-state index in [2.05, 4.69) is 17.4 Å². The Morgan fingerprint density at radius 1 is 1.24 bits per heavy atom. The minimum atomic E-state index is 0.201. The number of hydrogen-bond acceptors (Lipinski definition) is 3. The van der Waals surface area contributed by atoms with E-state index in [1.807, 2.05) is 17.0 Å². The summed E-state index contributed by atoms with van der Waals surface area (Å²) in [5.74, 6) is 1.30. The zero-order valence-electron chi connectivity index (χ0n) is 12.5. The van der Waals surface area contributed by atoms with Crippen molar-refractivity contribution in [3.8, 4) is 5.75 Å². The van der Waals surface area contributed by atoms with Crippen molar-refractivity contribution in [3.05, 3.63) is 29.8 Å². The zero-order valence-corrected chi connectivity index (χ0v) is 12.5. The highest BCUT2D eigenvalue weighted by atomic mass is 16.5. The summed E-state index contributed by atoms with van der Waals surface area (Å²) in [6.45, 7) is 3.44. The second-order valence-corrected chi connectivity index (χ2v) is 5.95. The van der Waals surface area contributed by atoms with Gasteiger partial charge in [0.25, 0.3) is 0 Å². The Balaban J connectivity index is 1.33. The van der Waals surface area contributed by atoms with Crippen LogP contribution in [0.5, 0.6) is 5.75 Å². The van der Waals surface area contributed by atoms with Gasteiger partial charge in [-0.05, 0) is 30.9 Å². The van der Waals surface area contributed by atoms with Crippen LogP contribution in [0.3, 0.4) is 0 Å². The largest absolute Gasteiger partial charge is 0.488 e. The van der Waals surface area contributed by atoms with Gasteiger partial charge >= 0.3 is 0 Å². The molecule has 3 rings (SSSR count). The predicted octanol–water partition coefficient (Wildman–Crippen LogP) is 1.98. The summed E-state index contributed by atoms with van der Waals surface area (Å²) in [6.07, 6.45) is 5.35. The summed E-state index contributed by atoms with van der Waals surface area (Å²) in [5.41, 5.74) is 1.29. The molecule has 1 atom stereocenters. The first-order chi connectivity index (χ1) is 10.3. The van der Waals surface area contributed by atoms with Gasteiger partial charge in [0.1, 0.15) is 11.9 Å². The Morgan fingerprint density at radius 2 is 2.05 bits per heavy atom. The van der Waals surface area contributed by atoms with Crippen LogP contribution in [-0.4, -0.2) is 43.1 Å². The van der Waals surface area contributed by atoms with E-state index in [4.69, 9.17) is 4.74 Å². The first-order valence-electron chi connectivity index (χ1n) is 8.06. The highest BCUT2D eigenvalue weighted by Gasteiger charge is 2.22. The highest BCUT2D eigenvalue weighted by molar-refractivity contribution is 5.76. The number of para-hydroxylation sites is 1. The van der Waals surface area contributed by atoms with Gasteiger partial charge in [-0.3, -0.25) is 4.79 Å². The highest BCUT2D eigenvalue weighted by Crippen LogP contribution is 2.27. The number of hydrogen-bond donors (Lipinski definition) is 1. The molecule has 4 nitrogen and oxygen atoms in total. The molecule has 0 aliphatic carbocycles. The fraction of sp³-hybridized carbons (Fsp3) is 0.588. The van der Waals surface area contributed by atoms with Crippen molar-refractivity contribution in [1.82, 2.24) is 10.2 Å². The first-order valence-corrected chi connectivity index (χ1v) is 8.06. The van der Waals surface area contributed by atoms with Gasteiger partial charge in [0.15, 0.2) is 0 Å². The molecule has 1 fully saturated rings. The minimum absolute atomic E-state index is 0.201. The van der Waals surface area contributed by atoms with Crippen molar-refractivity contribution in [2.45, 2.75) is 38.2 Å². The van der Waals surface area contributed by atoms with Crippen LogP contribution in [0, 0.1) is 0 Å². The zero-order chi connectivity index (χ0) is 14.5. The minimum Gasteiger partial charge on any atom is -0.488 e. The molecule has 1 N–H and O–H groups in total. The fourth-order valence-corrected chi connectivity index (χ4v) is 3.13. The summed E-state index contributed by atoms with van der Waals surface area (Å²) < 4.78 is 5.87. The van der Waals surface area contributed by atoms with E-state index in [1.165, 1.54) is 12.0 Å². The van der Waals surface area contributed by atoms with Gasteiger partial charge in [0.2, 0.25) is 5.91 Å². The van der Waals surface area contributed by atoms with Gasteiger partial charge in [-0.1, -0.05) is 18.2 Å². The maximum Gasteiger partial charge on any atom is 0.223 e. The van der Waals surface area contributed by atoms with Crippen molar-refractivity contribution in [1.29, 1.82) is 0 Å². The SMILES string of the molecule is O=C(CCNCC1Cc2ccccc2O1)N1CCCCC1. The molecule has 21 heavy (non-hydrogen) atoms. The Hall–Kier alpha value is -1.55. The number of rotatable bonds is 5. The van der Waals surface area contributed by atoms with Crippen molar-refractivity contribution < 1.29 is 9.53 Å². The van der Waals surface area contributed by atoms with Crippen molar-refractivity contribution in [2.75, 3.05) is 26.2 Å². The molecule has 0 saturated carbocycles. The smallest absolute Gasteiger partial charge is 0.223 e. The van der Waals surface area contributed by atoms with Gasteiger partial charge in [0, 0.05) is 39.0 Å². The molecule has 1 aromatic rings. The molecular formula is C17H24N2O2. The molecule has 1 amide bonds. The van der Waals surface area contributed by atoms with E-state index in [1.54, 1.807) is 0 Å². The summed E-state index contributed by atoms with van der Waals surface area (Å²) in [6, 6.07) is 8.20. The van der Waals surface area contributed by atoms with Crippen LogP contribution in [0.2, 0.25) is 0 Å². The lowest BCUT2D eigenvalue weighted by Crippen LogP contribution is -2.38. The molecule has 0 spiro atoms. The Morgan fingerprint density at radius 3 is 2.86 bits per heavy atom. The molecule has 0 radical (unpaired) electrons. The van der Waals surface area contributed by atoms with Crippen molar-refractivity contribution >= 4 is 5.91 Å². The molecule has 0 bridgehead atoms. The van der Waals surface area contributed by atoms with Gasteiger partial charge < -0.3 is 15.0 Å². The number of piperidine rings is 1. The number of nitrogens with one attached hydrogen (secondary N) is 1. The molecule has 1 aromatic carbocycles. The van der Waals surface area contributed by atoms with Crippen LogP contribution in [0.15, 0.2) is 24.3 Å². The molecule has 1 unspecified atom stereocenters. The second kappa shape index (κ2) is 6.94. The number of fused-ring (bicyclic) bond motifs is 1. The van der Waals surface area contributed by atoms with Crippen LogP contribution < -0.4 is 10.1 Å². The third-order valence-corrected chi connectivity index (χ3v) is 4.31. The molecule has 1 saturated heterocycles. The monoisotopic (exact) mass is 288 g/mol. The first kappa shape index (κ1) is 14.4. The van der Waals surface area contributed by atoms with E-state index in [0.29, 0.717) is 6.42 Å². The van der Waals surface area contributed by atoms with E-state index < -0.39 is 0 Å². The molecule has 2 aliphatic rings. The van der Waals surface area contributed by atoms with Crippen LogP contribution in [-0.2, 0) is 11.2 Å². The topological polar surface area (TPSA) is 41.6 Å². The number of likely N-dealkylation sites (tertiary alicyclic amines) is 1. The lowest BCUT2D eigenvalue weighted by molar-refractivity contribution is -0.131. The fourth-order valence-electron chi connectivity index (χ4n) is 3.13. The molecule has 0 aromatic heterocycles. The maximum atomic E-state index is 12.0. The van der Waals surface area contributed by atoms with Gasteiger partial charge in [-0.2, -0.15) is 0 Å². The van der Waals surface area contributed by atoms with Gasteiger partial charge in [-0.25, -0.2) is 0 Å². The number of nitrogens with zero attached hydrogens (tertiary/aromatic N) is 1. The summed E-state index contributed by atoms with van der Waals surface area (Å²) in [7, 11) is 0. The average Bonchev–Trinajstić information content (AvgIpc) is 2.95. The lowest BCUT2D eigenvalue weighted by Gasteiger charge is -2.26. The molecule has 2 heterocycles. The third kappa shape index (κ3) is 3.76. The molecular weight excluding hydrogens is 264 g/mol. The number of carbonyl (C=O) groups is 1. The number of ether oxygens (including phenoxy) is 1. The summed E-state index contributed by atoms with van der Waals surface area (Å²) >= 11 is 0. The van der Waals surface area contributed by atoms with E-state index >= 15 is 0 Å². The van der Waals surface area contributed by atoms with E-state index in [0.717, 1.165) is 51.2 Å². The van der Waals surface area contributed by atoms with Gasteiger partial charge in [0.05, 0.1) is 0 Å². The quantitative estimate of drug-likeness (QED) is 0.842. The maximum absolute atomic E-state index is 12.0. The normalized spacial score (nSPS) is 21.0. The number of carbonyl (C=O) groups excluding carboxylic acids is 1. The Labute approximate surface area is 126 Å².